The van der Waals surface area contributed by atoms with Crippen molar-refractivity contribution in [3.05, 3.63) is 41.5 Å². The quantitative estimate of drug-likeness (QED) is 0.831. The van der Waals surface area contributed by atoms with Crippen molar-refractivity contribution >= 4 is 0 Å². The molecule has 0 aliphatic carbocycles. The van der Waals surface area contributed by atoms with E-state index < -0.39 is 0 Å². The first-order valence-electron chi connectivity index (χ1n) is 5.87. The number of aromatic nitrogens is 2. The Morgan fingerprint density at radius 3 is 3.06 bits per heavy atom. The van der Waals surface area contributed by atoms with E-state index in [1.54, 1.807) is 7.11 Å². The van der Waals surface area contributed by atoms with Crippen LogP contribution in [-0.2, 0) is 4.74 Å². The largest absolute Gasteiger partial charge is 0.492 e. The molecule has 1 aromatic heterocycles. The first-order chi connectivity index (χ1) is 8.79. The molecule has 0 amide bonds. The molecule has 0 fully saturated rings. The van der Waals surface area contributed by atoms with E-state index >= 15 is 0 Å². The number of rotatable bonds is 3. The SMILES string of the molecule is COC(C)c1noc(C2COc3ccccc32)n1. The van der Waals surface area contributed by atoms with Crippen molar-refractivity contribution < 1.29 is 14.0 Å². The lowest BCUT2D eigenvalue weighted by molar-refractivity contribution is 0.109. The summed E-state index contributed by atoms with van der Waals surface area (Å²) in [5.41, 5.74) is 1.10. The first kappa shape index (κ1) is 11.2. The van der Waals surface area contributed by atoms with Gasteiger partial charge in [-0.25, -0.2) is 0 Å². The van der Waals surface area contributed by atoms with Crippen molar-refractivity contribution in [3.63, 3.8) is 0 Å². The second-order valence-electron chi connectivity index (χ2n) is 4.27. The van der Waals surface area contributed by atoms with Gasteiger partial charge < -0.3 is 14.0 Å². The van der Waals surface area contributed by atoms with Gasteiger partial charge in [0.05, 0.1) is 0 Å². The molecule has 3 rings (SSSR count). The van der Waals surface area contributed by atoms with E-state index in [1.807, 2.05) is 31.2 Å². The third kappa shape index (κ3) is 1.76. The van der Waals surface area contributed by atoms with Crippen LogP contribution >= 0.6 is 0 Å². The zero-order chi connectivity index (χ0) is 12.5. The van der Waals surface area contributed by atoms with Gasteiger partial charge in [-0.3, -0.25) is 0 Å². The third-order valence-electron chi connectivity index (χ3n) is 3.17. The molecule has 2 aromatic rings. The van der Waals surface area contributed by atoms with Crippen LogP contribution < -0.4 is 4.74 Å². The first-order valence-corrected chi connectivity index (χ1v) is 5.87. The molecule has 0 spiro atoms. The molecule has 2 unspecified atom stereocenters. The normalized spacial score (nSPS) is 19.3. The Labute approximate surface area is 105 Å². The fourth-order valence-electron chi connectivity index (χ4n) is 2.03. The molecule has 0 saturated heterocycles. The van der Waals surface area contributed by atoms with Gasteiger partial charge in [0, 0.05) is 12.7 Å². The Hall–Kier alpha value is -1.88. The van der Waals surface area contributed by atoms with Crippen LogP contribution in [0.1, 0.15) is 36.2 Å². The van der Waals surface area contributed by atoms with Gasteiger partial charge in [-0.05, 0) is 13.0 Å². The van der Waals surface area contributed by atoms with Crippen molar-refractivity contribution in [1.29, 1.82) is 0 Å². The summed E-state index contributed by atoms with van der Waals surface area (Å²) >= 11 is 0. The molecule has 5 nitrogen and oxygen atoms in total. The minimum Gasteiger partial charge on any atom is -0.492 e. The molecule has 0 N–H and O–H groups in total. The molecule has 1 aromatic carbocycles. The number of nitrogens with zero attached hydrogens (tertiary/aromatic N) is 2. The molecule has 5 heteroatoms. The Morgan fingerprint density at radius 1 is 1.39 bits per heavy atom. The highest BCUT2D eigenvalue weighted by Crippen LogP contribution is 2.37. The van der Waals surface area contributed by atoms with E-state index in [2.05, 4.69) is 10.1 Å². The summed E-state index contributed by atoms with van der Waals surface area (Å²) in [6.45, 7) is 2.43. The molecular weight excluding hydrogens is 232 g/mol. The number of fused-ring (bicyclic) bond motifs is 1. The number of ether oxygens (including phenoxy) is 2. The fraction of sp³-hybridized carbons (Fsp3) is 0.385. The van der Waals surface area contributed by atoms with Gasteiger partial charge in [0.1, 0.15) is 24.4 Å². The van der Waals surface area contributed by atoms with Gasteiger partial charge in [0.25, 0.3) is 0 Å². The minimum atomic E-state index is -0.167. The predicted octanol–water partition coefficient (Wildman–Crippen LogP) is 2.30. The van der Waals surface area contributed by atoms with Gasteiger partial charge in [0.15, 0.2) is 5.82 Å². The highest BCUT2D eigenvalue weighted by Gasteiger charge is 2.30. The van der Waals surface area contributed by atoms with Crippen LogP contribution in [0.2, 0.25) is 0 Å². The number of methoxy groups -OCH3 is 1. The molecule has 1 aliphatic heterocycles. The van der Waals surface area contributed by atoms with Crippen molar-refractivity contribution in [2.24, 2.45) is 0 Å². The zero-order valence-electron chi connectivity index (χ0n) is 10.3. The number of hydrogen-bond acceptors (Lipinski definition) is 5. The van der Waals surface area contributed by atoms with E-state index in [9.17, 15) is 0 Å². The van der Waals surface area contributed by atoms with Gasteiger partial charge in [0.2, 0.25) is 5.89 Å². The predicted molar refractivity (Wildman–Crippen MR) is 63.5 cm³/mol. The molecular formula is C13H14N2O3. The Kier molecular flexibility index (Phi) is 2.76. The maximum atomic E-state index is 5.60. The highest BCUT2D eigenvalue weighted by atomic mass is 16.5. The lowest BCUT2D eigenvalue weighted by atomic mass is 10.0. The highest BCUT2D eigenvalue weighted by molar-refractivity contribution is 5.42. The summed E-state index contributed by atoms with van der Waals surface area (Å²) in [6, 6.07) is 7.91. The van der Waals surface area contributed by atoms with E-state index in [-0.39, 0.29) is 12.0 Å². The molecule has 2 heterocycles. The van der Waals surface area contributed by atoms with Crippen molar-refractivity contribution in [2.45, 2.75) is 18.9 Å². The molecule has 0 radical (unpaired) electrons. The third-order valence-corrected chi connectivity index (χ3v) is 3.17. The maximum absolute atomic E-state index is 5.60. The smallest absolute Gasteiger partial charge is 0.237 e. The Morgan fingerprint density at radius 2 is 2.22 bits per heavy atom. The van der Waals surface area contributed by atoms with Gasteiger partial charge in [-0.1, -0.05) is 23.4 Å². The maximum Gasteiger partial charge on any atom is 0.237 e. The van der Waals surface area contributed by atoms with Crippen LogP contribution in [0.5, 0.6) is 5.75 Å². The fourth-order valence-corrected chi connectivity index (χ4v) is 2.03. The standard InChI is InChI=1S/C13H14N2O3/c1-8(16-2)12-14-13(18-15-12)10-7-17-11-6-4-3-5-9(10)11/h3-6,8,10H,7H2,1-2H3. The Bertz CT molecular complexity index is 553. The van der Waals surface area contributed by atoms with Gasteiger partial charge in [-0.2, -0.15) is 4.98 Å². The molecule has 0 bridgehead atoms. The lowest BCUT2D eigenvalue weighted by Gasteiger charge is -2.02. The number of para-hydroxylation sites is 1. The summed E-state index contributed by atoms with van der Waals surface area (Å²) < 4.78 is 16.1. The van der Waals surface area contributed by atoms with Crippen LogP contribution in [0.15, 0.2) is 28.8 Å². The van der Waals surface area contributed by atoms with Crippen LogP contribution in [0.25, 0.3) is 0 Å². The zero-order valence-corrected chi connectivity index (χ0v) is 10.3. The summed E-state index contributed by atoms with van der Waals surface area (Å²) in [4.78, 5) is 4.38. The van der Waals surface area contributed by atoms with Crippen LogP contribution in [0.4, 0.5) is 0 Å². The van der Waals surface area contributed by atoms with Crippen LogP contribution in [-0.4, -0.2) is 23.9 Å². The summed E-state index contributed by atoms with van der Waals surface area (Å²) in [5, 5.41) is 3.94. The van der Waals surface area contributed by atoms with Crippen LogP contribution in [0, 0.1) is 0 Å². The number of benzene rings is 1. The van der Waals surface area contributed by atoms with Gasteiger partial charge in [-0.15, -0.1) is 0 Å². The number of hydrogen-bond donors (Lipinski definition) is 0. The minimum absolute atomic E-state index is 0.0199. The van der Waals surface area contributed by atoms with E-state index in [4.69, 9.17) is 14.0 Å². The van der Waals surface area contributed by atoms with E-state index in [0.29, 0.717) is 18.3 Å². The lowest BCUT2D eigenvalue weighted by Crippen LogP contribution is -2.04. The molecule has 2 atom stereocenters. The monoisotopic (exact) mass is 246 g/mol. The summed E-state index contributed by atoms with van der Waals surface area (Å²) in [6.07, 6.45) is -0.167. The second kappa shape index (κ2) is 4.42. The average molecular weight is 246 g/mol. The summed E-state index contributed by atoms with van der Waals surface area (Å²) in [5.74, 6) is 2.06. The summed E-state index contributed by atoms with van der Waals surface area (Å²) in [7, 11) is 1.62. The van der Waals surface area contributed by atoms with Crippen LogP contribution in [0.3, 0.4) is 0 Å². The average Bonchev–Trinajstić information content (AvgIpc) is 3.03. The molecule has 0 saturated carbocycles. The van der Waals surface area contributed by atoms with Crippen molar-refractivity contribution in [3.8, 4) is 5.75 Å². The van der Waals surface area contributed by atoms with E-state index in [0.717, 1.165) is 11.3 Å². The Balaban J connectivity index is 1.91. The van der Waals surface area contributed by atoms with Crippen molar-refractivity contribution in [2.75, 3.05) is 13.7 Å². The topological polar surface area (TPSA) is 57.4 Å². The molecule has 1 aliphatic rings. The molecule has 94 valence electrons. The van der Waals surface area contributed by atoms with E-state index in [1.165, 1.54) is 0 Å². The second-order valence-corrected chi connectivity index (χ2v) is 4.27. The van der Waals surface area contributed by atoms with Crippen molar-refractivity contribution in [1.82, 2.24) is 10.1 Å². The van der Waals surface area contributed by atoms with Gasteiger partial charge >= 0.3 is 0 Å². The molecule has 18 heavy (non-hydrogen) atoms.